The fourth-order valence-corrected chi connectivity index (χ4v) is 10.3. The van der Waals surface area contributed by atoms with Crippen molar-refractivity contribution in [3.05, 3.63) is 0 Å². The minimum absolute atomic E-state index is 0.103. The van der Waals surface area contributed by atoms with E-state index in [1.807, 2.05) is 9.80 Å². The quantitative estimate of drug-likeness (QED) is 0.0354. The first-order valence-electron chi connectivity index (χ1n) is 33.3. The van der Waals surface area contributed by atoms with Gasteiger partial charge in [0.2, 0.25) is 0 Å². The van der Waals surface area contributed by atoms with E-state index in [0.717, 1.165) is 148 Å². The van der Waals surface area contributed by atoms with E-state index in [-0.39, 0.29) is 43.9 Å². The van der Waals surface area contributed by atoms with Crippen LogP contribution < -0.4 is 0 Å². The summed E-state index contributed by atoms with van der Waals surface area (Å²) in [5.74, 6) is 0.709. The first-order valence-corrected chi connectivity index (χ1v) is 33.3. The number of rotatable bonds is 59. The highest BCUT2D eigenvalue weighted by molar-refractivity contribution is 5.70. The number of hydrogen-bond donors (Lipinski definition) is 1. The Kier molecular flexibility index (Phi) is 55.6. The van der Waals surface area contributed by atoms with Crippen molar-refractivity contribution >= 4 is 24.1 Å². The monoisotopic (exact) mass is 1110 g/mol. The van der Waals surface area contributed by atoms with E-state index in [1.54, 1.807) is 0 Å². The van der Waals surface area contributed by atoms with Crippen LogP contribution in [0.5, 0.6) is 0 Å². The molecule has 0 aromatic carbocycles. The van der Waals surface area contributed by atoms with Crippen LogP contribution in [0.15, 0.2) is 0 Å². The standard InChI is InChI=1S/C65H128N4O9/c1-8-15-21-23-33-49-68(51-35-25-31-44-62(71)77-58-60(40-27-17-10-3)41-28-18-11-4)64(73)75-56-53-67(48-39-47-66(14-7)46-37-38-55-70)54-57-76-65(74)69(50-34-24-22-16-9-2)52-36-26-32-45-63(72)78-59-61(42-29-19-12-5)43-30-20-13-6/h60-61,70H,8-59H2,1-7H3. The summed E-state index contributed by atoms with van der Waals surface area (Å²) in [6.07, 6.45) is 37.8. The Bertz CT molecular complexity index is 1240. The van der Waals surface area contributed by atoms with Crippen LogP contribution in [0.2, 0.25) is 0 Å². The first-order chi connectivity index (χ1) is 38.1. The van der Waals surface area contributed by atoms with Crippen molar-refractivity contribution in [1.82, 2.24) is 19.6 Å². The smallest absolute Gasteiger partial charge is 0.409 e. The molecule has 1 N–H and O–H groups in total. The lowest BCUT2D eigenvalue weighted by atomic mass is 9.96. The van der Waals surface area contributed by atoms with Crippen LogP contribution in [-0.2, 0) is 28.5 Å². The van der Waals surface area contributed by atoms with Gasteiger partial charge in [-0.15, -0.1) is 0 Å². The molecule has 0 aliphatic carbocycles. The third-order valence-electron chi connectivity index (χ3n) is 15.6. The molecule has 0 aromatic rings. The van der Waals surface area contributed by atoms with Gasteiger partial charge < -0.3 is 38.8 Å². The van der Waals surface area contributed by atoms with Crippen molar-refractivity contribution in [3.63, 3.8) is 0 Å². The van der Waals surface area contributed by atoms with Gasteiger partial charge >= 0.3 is 24.1 Å². The predicted octanol–water partition coefficient (Wildman–Crippen LogP) is 16.4. The lowest BCUT2D eigenvalue weighted by molar-refractivity contribution is -0.146. The number of aliphatic hydroxyl groups is 1. The zero-order chi connectivity index (χ0) is 57.4. The van der Waals surface area contributed by atoms with Crippen molar-refractivity contribution < 1.29 is 43.2 Å². The molecule has 0 fully saturated rings. The number of esters is 2. The van der Waals surface area contributed by atoms with Gasteiger partial charge in [0.25, 0.3) is 0 Å². The zero-order valence-corrected chi connectivity index (χ0v) is 52.4. The van der Waals surface area contributed by atoms with Crippen LogP contribution in [0.1, 0.15) is 286 Å². The van der Waals surface area contributed by atoms with Gasteiger partial charge in [-0.05, 0) is 121 Å². The van der Waals surface area contributed by atoms with Crippen LogP contribution in [0.25, 0.3) is 0 Å². The summed E-state index contributed by atoms with van der Waals surface area (Å²) in [6, 6.07) is 0. The van der Waals surface area contributed by atoms with Gasteiger partial charge in [0.15, 0.2) is 0 Å². The summed E-state index contributed by atoms with van der Waals surface area (Å²) in [7, 11) is 0. The minimum atomic E-state index is -0.287. The lowest BCUT2D eigenvalue weighted by Gasteiger charge is -2.27. The Hall–Kier alpha value is -2.64. The number of ether oxygens (including phenoxy) is 4. The van der Waals surface area contributed by atoms with Crippen LogP contribution in [-0.4, -0.2) is 147 Å². The second-order valence-corrected chi connectivity index (χ2v) is 22.8. The van der Waals surface area contributed by atoms with Crippen molar-refractivity contribution in [2.75, 3.05) is 98.5 Å². The van der Waals surface area contributed by atoms with Crippen molar-refractivity contribution in [2.24, 2.45) is 11.8 Å². The molecule has 0 radical (unpaired) electrons. The van der Waals surface area contributed by atoms with Gasteiger partial charge in [-0.25, -0.2) is 9.59 Å². The van der Waals surface area contributed by atoms with Crippen molar-refractivity contribution in [2.45, 2.75) is 286 Å². The molecule has 0 atom stereocenters. The molecule has 13 nitrogen and oxygen atoms in total. The molecule has 2 amide bonds. The van der Waals surface area contributed by atoms with Gasteiger partial charge in [0, 0.05) is 58.7 Å². The molecule has 0 aromatic heterocycles. The Morgan fingerprint density at radius 3 is 1.01 bits per heavy atom. The molecule has 462 valence electrons. The molecule has 0 unspecified atom stereocenters. The number of nitrogens with zero attached hydrogens (tertiary/aromatic N) is 4. The molecule has 0 aliphatic rings. The number of carbonyl (C=O) groups excluding carboxylic acids is 4. The highest BCUT2D eigenvalue weighted by atomic mass is 16.6. The first kappa shape index (κ1) is 75.4. The molecular weight excluding hydrogens is 981 g/mol. The predicted molar refractivity (Wildman–Crippen MR) is 325 cm³/mol. The number of amides is 2. The fourth-order valence-electron chi connectivity index (χ4n) is 10.3. The van der Waals surface area contributed by atoms with E-state index in [9.17, 15) is 24.3 Å². The summed E-state index contributed by atoms with van der Waals surface area (Å²) < 4.78 is 23.6. The van der Waals surface area contributed by atoms with Crippen LogP contribution in [0.4, 0.5) is 9.59 Å². The Morgan fingerprint density at radius 1 is 0.333 bits per heavy atom. The highest BCUT2D eigenvalue weighted by Gasteiger charge is 2.20. The van der Waals surface area contributed by atoms with E-state index < -0.39 is 0 Å². The van der Waals surface area contributed by atoms with Gasteiger partial charge in [0.05, 0.1) is 13.2 Å². The second-order valence-electron chi connectivity index (χ2n) is 22.8. The molecule has 0 heterocycles. The van der Waals surface area contributed by atoms with Gasteiger partial charge in [-0.1, -0.05) is 190 Å². The molecule has 0 rings (SSSR count). The maximum absolute atomic E-state index is 13.7. The summed E-state index contributed by atoms with van der Waals surface area (Å²) in [5.41, 5.74) is 0. The Morgan fingerprint density at radius 2 is 0.654 bits per heavy atom. The van der Waals surface area contributed by atoms with E-state index in [1.165, 1.54) is 103 Å². The Balaban J connectivity index is 5.55. The van der Waals surface area contributed by atoms with E-state index in [0.29, 0.717) is 77.2 Å². The van der Waals surface area contributed by atoms with E-state index in [2.05, 4.69) is 58.3 Å². The molecule has 78 heavy (non-hydrogen) atoms. The SMILES string of the molecule is CCCCCCCN(CCCCCC(=O)OCC(CCCCC)CCCCC)C(=O)OCCN(CCCN(CC)CCCCO)CCOC(=O)N(CCCCCCC)CCCCCC(=O)OCC(CCCCC)CCCCC. The van der Waals surface area contributed by atoms with Crippen molar-refractivity contribution in [1.29, 1.82) is 0 Å². The third-order valence-corrected chi connectivity index (χ3v) is 15.6. The average molecular weight is 1110 g/mol. The summed E-state index contributed by atoms with van der Waals surface area (Å²) >= 11 is 0. The number of carbonyl (C=O) groups is 4. The van der Waals surface area contributed by atoms with Gasteiger partial charge in [-0.3, -0.25) is 14.5 Å². The third kappa shape index (κ3) is 47.0. The molecule has 0 saturated carbocycles. The summed E-state index contributed by atoms with van der Waals surface area (Å²) in [4.78, 5) is 61.4. The zero-order valence-electron chi connectivity index (χ0n) is 52.4. The Labute approximate surface area is 481 Å². The number of unbranched alkanes of at least 4 members (excludes halogenated alkanes) is 21. The summed E-state index contributed by atoms with van der Waals surface area (Å²) in [6.45, 7) is 24.4. The minimum Gasteiger partial charge on any atom is -0.465 e. The van der Waals surface area contributed by atoms with Gasteiger partial charge in [-0.2, -0.15) is 0 Å². The van der Waals surface area contributed by atoms with E-state index in [4.69, 9.17) is 18.9 Å². The largest absolute Gasteiger partial charge is 0.465 e. The molecular formula is C65H128N4O9. The normalized spacial score (nSPS) is 11.6. The molecule has 0 aliphatic heterocycles. The summed E-state index contributed by atoms with van der Waals surface area (Å²) in [5, 5.41) is 9.35. The van der Waals surface area contributed by atoms with Crippen LogP contribution in [0, 0.1) is 11.8 Å². The van der Waals surface area contributed by atoms with Crippen molar-refractivity contribution in [3.8, 4) is 0 Å². The average Bonchev–Trinajstić information content (AvgIpc) is 3.43. The fraction of sp³-hybridized carbons (Fsp3) is 0.938. The molecule has 13 heteroatoms. The highest BCUT2D eigenvalue weighted by Crippen LogP contribution is 2.21. The maximum atomic E-state index is 13.7. The molecule has 0 saturated heterocycles. The van der Waals surface area contributed by atoms with Gasteiger partial charge in [0.1, 0.15) is 13.2 Å². The molecule has 0 spiro atoms. The van der Waals surface area contributed by atoms with Crippen LogP contribution >= 0.6 is 0 Å². The number of aliphatic hydroxyl groups excluding tert-OH is 1. The van der Waals surface area contributed by atoms with E-state index >= 15 is 0 Å². The second kappa shape index (κ2) is 57.6. The van der Waals surface area contributed by atoms with Crippen LogP contribution in [0.3, 0.4) is 0 Å². The molecule has 0 bridgehead atoms. The number of hydrogen-bond acceptors (Lipinski definition) is 11. The topological polar surface area (TPSA) is 138 Å². The maximum Gasteiger partial charge on any atom is 0.409 e. The lowest BCUT2D eigenvalue weighted by Crippen LogP contribution is -2.39.